The Labute approximate surface area is 457 Å². The number of unbranched alkanes of at least 4 members (excludes halogenated alkanes) is 15. The molecule has 0 heterocycles. The second-order valence-corrected chi connectivity index (χ2v) is 20.6. The molecule has 1 aliphatic carbocycles. The quantitative estimate of drug-likeness (QED) is 0.0341. The Balaban J connectivity index is 0.000000401. The van der Waals surface area contributed by atoms with Crippen LogP contribution in [0.15, 0.2) is 108 Å². The summed E-state index contributed by atoms with van der Waals surface area (Å²) >= 11 is 0. The summed E-state index contributed by atoms with van der Waals surface area (Å²) in [6.45, 7) is 36.7. The van der Waals surface area contributed by atoms with Crippen LogP contribution in [0.3, 0.4) is 0 Å². The Morgan fingerprint density at radius 1 is 0.573 bits per heavy atom. The lowest BCUT2D eigenvalue weighted by Gasteiger charge is -2.32. The molecule has 75 heavy (non-hydrogen) atoms. The molecule has 9 nitrogen and oxygen atoms in total. The number of rotatable bonds is 36. The zero-order chi connectivity index (χ0) is 54.9. The van der Waals surface area contributed by atoms with E-state index in [1.165, 1.54) is 130 Å². The number of likely N-dealkylation sites (N-methyl/N-ethyl adjacent to an activating group) is 1. The minimum atomic E-state index is -1.23. The zero-order valence-corrected chi connectivity index (χ0v) is 48.5. The van der Waals surface area contributed by atoms with E-state index in [0.717, 1.165) is 70.9 Å². The molecule has 1 amide bonds. The maximum Gasteiger partial charge on any atom is 0.333 e. The number of benzene rings is 3. The number of aliphatic carboxylic acids is 1. The highest BCUT2D eigenvalue weighted by atomic mass is 16.4. The smallest absolute Gasteiger partial charge is 0.333 e. The van der Waals surface area contributed by atoms with Crippen molar-refractivity contribution in [1.82, 2.24) is 10.2 Å². The van der Waals surface area contributed by atoms with Gasteiger partial charge in [0.05, 0.1) is 41.7 Å². The molecule has 410 valence electrons. The Kier molecular flexibility index (Phi) is 30.6. The van der Waals surface area contributed by atoms with Gasteiger partial charge in [0, 0.05) is 76.0 Å². The molecule has 0 spiro atoms. The van der Waals surface area contributed by atoms with Crippen LogP contribution in [-0.2, 0) is 9.59 Å². The van der Waals surface area contributed by atoms with E-state index in [0.29, 0.717) is 12.1 Å². The number of carboxylic acids is 1. The molecule has 0 aliphatic heterocycles. The van der Waals surface area contributed by atoms with E-state index in [1.54, 1.807) is 12.1 Å². The molecule has 0 unspecified atom stereocenters. The lowest BCUT2D eigenvalue weighted by atomic mass is 9.83. The van der Waals surface area contributed by atoms with Crippen molar-refractivity contribution in [3.63, 3.8) is 0 Å². The monoisotopic (exact) mass is 1020 g/mol. The number of amides is 1. The fraction of sp³-hybridized carbons (Fsp3) is 0.561. The molecule has 0 saturated carbocycles. The lowest BCUT2D eigenvalue weighted by Crippen LogP contribution is -2.45. The van der Waals surface area contributed by atoms with Gasteiger partial charge in [0.15, 0.2) is 0 Å². The van der Waals surface area contributed by atoms with E-state index in [1.807, 2.05) is 26.0 Å². The van der Waals surface area contributed by atoms with Gasteiger partial charge in [-0.05, 0) is 128 Å². The number of carbonyl (C=O) groups is 2. The van der Waals surface area contributed by atoms with Crippen LogP contribution in [0.4, 0.5) is 17.1 Å². The summed E-state index contributed by atoms with van der Waals surface area (Å²) in [4.78, 5) is 36.4. The Morgan fingerprint density at radius 2 is 0.973 bits per heavy atom. The molecule has 0 fully saturated rings. The highest BCUT2D eigenvalue weighted by molar-refractivity contribution is 5.94. The first-order chi connectivity index (χ1) is 36.3. The standard InChI is InChI=1S/C35H57N3O3.C31H42N3/c1-6-8-9-10-11-12-13-14-15-16-17-18-19-20-21-22-27-37-34(41)35(3,4)29-38(7-2)31-25-23-30(24-26-31)28-32(36-5)33(39)40;1-7-32(8-2)28-19-13-25(14-20-28)31(26-15-21-29(22-16-26)33(9-3)10-4)27-17-23-30(24-18-27)34(11-5)12-6/h23-26,28H,6-22,27,29H2,1-4H3,(H,37,41)(H,39,40);13-23,31H,7-12H2,1-6H3/q;+1/b32-28+;. The Hall–Kier alpha value is -5.84. The van der Waals surface area contributed by atoms with Crippen molar-refractivity contribution in [2.75, 3.05) is 73.6 Å². The first-order valence-electron chi connectivity index (χ1n) is 29.3. The average molecular weight is 1020 g/mol. The molecule has 0 saturated heterocycles. The number of carbonyl (C=O) groups excluding carboxylic acids is 1. The number of carboxylic acid groups (broad SMARTS) is 1. The predicted octanol–water partition coefficient (Wildman–Crippen LogP) is 16.3. The van der Waals surface area contributed by atoms with E-state index < -0.39 is 11.4 Å². The second-order valence-electron chi connectivity index (χ2n) is 20.6. The maximum absolute atomic E-state index is 13.0. The van der Waals surface area contributed by atoms with Gasteiger partial charge in [-0.2, -0.15) is 0 Å². The molecular formula is C66H99N6O3+. The topological polar surface area (TPSA) is 83.7 Å². The van der Waals surface area contributed by atoms with Crippen molar-refractivity contribution in [2.45, 2.75) is 178 Å². The maximum atomic E-state index is 13.0. The molecule has 0 atom stereocenters. The number of nitrogens with zero attached hydrogens (tertiary/aromatic N) is 5. The lowest BCUT2D eigenvalue weighted by molar-refractivity contribution is -0.132. The molecule has 4 rings (SSSR count). The molecular weight excluding hydrogens is 925 g/mol. The molecule has 2 N–H and O–H groups in total. The van der Waals surface area contributed by atoms with Crippen molar-refractivity contribution in [3.05, 3.63) is 142 Å². The normalized spacial score (nSPS) is 12.2. The van der Waals surface area contributed by atoms with Crippen LogP contribution in [-0.4, -0.2) is 80.8 Å². The third kappa shape index (κ3) is 22.1. The predicted molar refractivity (Wildman–Crippen MR) is 322 cm³/mol. The van der Waals surface area contributed by atoms with Gasteiger partial charge in [-0.25, -0.2) is 4.85 Å². The fourth-order valence-corrected chi connectivity index (χ4v) is 10.0. The molecule has 0 aromatic heterocycles. The van der Waals surface area contributed by atoms with Crippen LogP contribution in [0.2, 0.25) is 0 Å². The van der Waals surface area contributed by atoms with Crippen molar-refractivity contribution in [3.8, 4) is 0 Å². The number of anilines is 3. The summed E-state index contributed by atoms with van der Waals surface area (Å²) in [5, 5.41) is 12.2. The van der Waals surface area contributed by atoms with Gasteiger partial charge in [-0.3, -0.25) is 9.59 Å². The number of hydrogen-bond acceptors (Lipinski definition) is 6. The SMILES string of the molecule is CCN(CC)C1=[C+]C=C(C(c2ccc(N(CC)CC)cc2)c2ccc(N(CC)CC)cc2)C=C1.[C-]#[N+]/C(=C/c1ccc(N(CC)CC(C)(C)C(=O)NCCCCCCCCCCCCCCCCCC)cc1)C(=O)O. The second kappa shape index (κ2) is 36.2. The van der Waals surface area contributed by atoms with Crippen LogP contribution < -0.4 is 20.0 Å². The van der Waals surface area contributed by atoms with Crippen LogP contribution in [0.25, 0.3) is 10.9 Å². The Bertz CT molecular complexity index is 2170. The average Bonchev–Trinajstić information content (AvgIpc) is 3.43. The van der Waals surface area contributed by atoms with Crippen molar-refractivity contribution >= 4 is 35.0 Å². The summed E-state index contributed by atoms with van der Waals surface area (Å²) in [7, 11) is 0. The summed E-state index contributed by atoms with van der Waals surface area (Å²) in [5.74, 6) is -0.982. The van der Waals surface area contributed by atoms with E-state index in [2.05, 4.69) is 158 Å². The van der Waals surface area contributed by atoms with Crippen molar-refractivity contribution in [2.24, 2.45) is 5.41 Å². The van der Waals surface area contributed by atoms with Gasteiger partial charge in [0.2, 0.25) is 11.6 Å². The van der Waals surface area contributed by atoms with Crippen LogP contribution in [0.1, 0.15) is 195 Å². The largest absolute Gasteiger partial charge is 0.486 e. The summed E-state index contributed by atoms with van der Waals surface area (Å²) in [5.41, 5.74) is 8.41. The van der Waals surface area contributed by atoms with Gasteiger partial charge in [-0.1, -0.05) is 140 Å². The minimum Gasteiger partial charge on any atom is -0.486 e. The minimum absolute atomic E-state index is 0.0691. The number of allylic oxidation sites excluding steroid dienone is 5. The van der Waals surface area contributed by atoms with E-state index in [4.69, 9.17) is 11.7 Å². The third-order valence-corrected chi connectivity index (χ3v) is 14.8. The molecule has 0 bridgehead atoms. The fourth-order valence-electron chi connectivity index (χ4n) is 10.0. The summed E-state index contributed by atoms with van der Waals surface area (Å²) < 4.78 is 0. The van der Waals surface area contributed by atoms with Crippen LogP contribution in [0.5, 0.6) is 0 Å². The zero-order valence-electron chi connectivity index (χ0n) is 48.5. The summed E-state index contributed by atoms with van der Waals surface area (Å²) in [6, 6.07) is 25.7. The van der Waals surface area contributed by atoms with Gasteiger partial charge in [0.1, 0.15) is 6.08 Å². The summed E-state index contributed by atoms with van der Waals surface area (Å²) in [6.07, 6.45) is 33.1. The van der Waals surface area contributed by atoms with Crippen molar-refractivity contribution in [1.29, 1.82) is 0 Å². The van der Waals surface area contributed by atoms with Gasteiger partial charge >= 0.3 is 5.97 Å². The highest BCUT2D eigenvalue weighted by Gasteiger charge is 2.30. The van der Waals surface area contributed by atoms with E-state index >= 15 is 0 Å². The molecule has 9 heteroatoms. The van der Waals surface area contributed by atoms with Crippen molar-refractivity contribution < 1.29 is 14.7 Å². The molecule has 0 radical (unpaired) electrons. The third-order valence-electron chi connectivity index (χ3n) is 14.8. The van der Waals surface area contributed by atoms with Gasteiger partial charge in [0.25, 0.3) is 5.70 Å². The Morgan fingerprint density at radius 3 is 1.35 bits per heavy atom. The van der Waals surface area contributed by atoms with Gasteiger partial charge < -0.3 is 30.0 Å². The van der Waals surface area contributed by atoms with E-state index in [-0.39, 0.29) is 17.5 Å². The van der Waals surface area contributed by atoms with Crippen LogP contribution in [0, 0.1) is 18.1 Å². The van der Waals surface area contributed by atoms with E-state index in [9.17, 15) is 9.59 Å². The number of nitrogens with one attached hydrogen (secondary N) is 1. The van der Waals surface area contributed by atoms with Gasteiger partial charge in [-0.15, -0.1) is 0 Å². The first-order valence-corrected chi connectivity index (χ1v) is 29.3. The molecule has 3 aromatic carbocycles. The molecule has 3 aromatic rings. The van der Waals surface area contributed by atoms with Crippen LogP contribution >= 0.6 is 0 Å². The highest BCUT2D eigenvalue weighted by Crippen LogP contribution is 2.36. The molecule has 1 aliphatic rings. The number of hydrogen-bond donors (Lipinski definition) is 2. The first kappa shape index (κ1) is 63.5.